The van der Waals surface area contributed by atoms with Crippen molar-refractivity contribution in [2.75, 3.05) is 0 Å². The SMILES string of the molecule is CC(N)Cc1csc(CO)n1. The van der Waals surface area contributed by atoms with E-state index in [1.54, 1.807) is 0 Å². The van der Waals surface area contributed by atoms with Gasteiger partial charge in [-0.05, 0) is 6.92 Å². The number of rotatable bonds is 3. The molecule has 11 heavy (non-hydrogen) atoms. The van der Waals surface area contributed by atoms with Crippen molar-refractivity contribution in [1.82, 2.24) is 4.98 Å². The van der Waals surface area contributed by atoms with Gasteiger partial charge in [0.15, 0.2) is 0 Å². The first kappa shape index (κ1) is 8.64. The Morgan fingerprint density at radius 1 is 1.82 bits per heavy atom. The lowest BCUT2D eigenvalue weighted by Gasteiger charge is -1.98. The van der Waals surface area contributed by atoms with Crippen molar-refractivity contribution in [3.8, 4) is 0 Å². The smallest absolute Gasteiger partial charge is 0.118 e. The van der Waals surface area contributed by atoms with E-state index in [0.29, 0.717) is 0 Å². The maximum absolute atomic E-state index is 8.70. The van der Waals surface area contributed by atoms with Crippen LogP contribution in [0.15, 0.2) is 5.38 Å². The molecular formula is C7H12N2OS. The standard InChI is InChI=1S/C7H12N2OS/c1-5(8)2-6-4-11-7(3-10)9-6/h4-5,10H,2-3,8H2,1H3. The first-order valence-corrected chi connectivity index (χ1v) is 4.40. The van der Waals surface area contributed by atoms with Crippen LogP contribution in [0.25, 0.3) is 0 Å². The molecule has 0 bridgehead atoms. The summed E-state index contributed by atoms with van der Waals surface area (Å²) >= 11 is 1.47. The van der Waals surface area contributed by atoms with Gasteiger partial charge in [0.05, 0.1) is 12.3 Å². The molecule has 0 fully saturated rings. The molecule has 0 amide bonds. The van der Waals surface area contributed by atoms with Gasteiger partial charge in [0.2, 0.25) is 0 Å². The zero-order valence-corrected chi connectivity index (χ0v) is 7.27. The number of hydrogen-bond donors (Lipinski definition) is 2. The van der Waals surface area contributed by atoms with Crippen LogP contribution >= 0.6 is 11.3 Å². The highest BCUT2D eigenvalue weighted by Gasteiger charge is 2.02. The molecule has 1 atom stereocenters. The number of nitrogens with zero attached hydrogens (tertiary/aromatic N) is 1. The minimum absolute atomic E-state index is 0.0314. The van der Waals surface area contributed by atoms with Crippen LogP contribution in [0.2, 0.25) is 0 Å². The van der Waals surface area contributed by atoms with Gasteiger partial charge in [-0.1, -0.05) is 0 Å². The summed E-state index contributed by atoms with van der Waals surface area (Å²) in [5.41, 5.74) is 6.56. The molecule has 0 aliphatic rings. The Bertz CT molecular complexity index is 222. The number of aliphatic hydroxyl groups excluding tert-OH is 1. The summed E-state index contributed by atoms with van der Waals surface area (Å²) in [7, 11) is 0. The van der Waals surface area contributed by atoms with E-state index in [4.69, 9.17) is 10.8 Å². The molecule has 0 aromatic carbocycles. The van der Waals surface area contributed by atoms with Crippen LogP contribution < -0.4 is 5.73 Å². The van der Waals surface area contributed by atoms with Gasteiger partial charge >= 0.3 is 0 Å². The summed E-state index contributed by atoms with van der Waals surface area (Å²) in [5, 5.41) is 11.4. The Morgan fingerprint density at radius 2 is 2.55 bits per heavy atom. The van der Waals surface area contributed by atoms with Crippen LogP contribution in [-0.4, -0.2) is 16.1 Å². The Morgan fingerprint density at radius 3 is 3.00 bits per heavy atom. The van der Waals surface area contributed by atoms with Gasteiger partial charge < -0.3 is 10.8 Å². The average molecular weight is 172 g/mol. The molecule has 3 N–H and O–H groups in total. The molecule has 0 radical (unpaired) electrons. The lowest BCUT2D eigenvalue weighted by atomic mass is 10.2. The summed E-state index contributed by atoms with van der Waals surface area (Å²) in [5.74, 6) is 0. The highest BCUT2D eigenvalue weighted by Crippen LogP contribution is 2.10. The zero-order valence-electron chi connectivity index (χ0n) is 6.45. The lowest BCUT2D eigenvalue weighted by molar-refractivity contribution is 0.281. The Balaban J connectivity index is 2.58. The normalized spacial score (nSPS) is 13.4. The topological polar surface area (TPSA) is 59.1 Å². The number of thiazole rings is 1. The Labute approximate surface area is 69.9 Å². The summed E-state index contributed by atoms with van der Waals surface area (Å²) in [6, 6.07) is 0.142. The minimum Gasteiger partial charge on any atom is -0.389 e. The first-order chi connectivity index (χ1) is 5.22. The third-order valence-corrected chi connectivity index (χ3v) is 2.15. The zero-order chi connectivity index (χ0) is 8.27. The van der Waals surface area contributed by atoms with Crippen LogP contribution in [0.3, 0.4) is 0 Å². The average Bonchev–Trinajstić information content (AvgIpc) is 2.34. The predicted molar refractivity (Wildman–Crippen MR) is 45.4 cm³/mol. The van der Waals surface area contributed by atoms with E-state index in [9.17, 15) is 0 Å². The Kier molecular flexibility index (Phi) is 2.99. The summed E-state index contributed by atoms with van der Waals surface area (Å²) < 4.78 is 0. The van der Waals surface area contributed by atoms with Crippen molar-refractivity contribution < 1.29 is 5.11 Å². The number of hydrogen-bond acceptors (Lipinski definition) is 4. The first-order valence-electron chi connectivity index (χ1n) is 3.52. The van der Waals surface area contributed by atoms with Crippen molar-refractivity contribution >= 4 is 11.3 Å². The van der Waals surface area contributed by atoms with Gasteiger partial charge in [0, 0.05) is 17.8 Å². The highest BCUT2D eigenvalue weighted by molar-refractivity contribution is 7.09. The van der Waals surface area contributed by atoms with Crippen molar-refractivity contribution in [2.45, 2.75) is 26.0 Å². The second-order valence-electron chi connectivity index (χ2n) is 2.57. The van der Waals surface area contributed by atoms with Gasteiger partial charge in [-0.2, -0.15) is 0 Å². The highest BCUT2D eigenvalue weighted by atomic mass is 32.1. The molecule has 1 rings (SSSR count). The van der Waals surface area contributed by atoms with E-state index in [1.807, 2.05) is 12.3 Å². The number of aromatic nitrogens is 1. The van der Waals surface area contributed by atoms with Gasteiger partial charge in [0.1, 0.15) is 5.01 Å². The molecule has 0 spiro atoms. The van der Waals surface area contributed by atoms with Crippen molar-refractivity contribution in [3.63, 3.8) is 0 Å². The molecule has 62 valence electrons. The third-order valence-electron chi connectivity index (χ3n) is 1.27. The summed E-state index contributed by atoms with van der Waals surface area (Å²) in [6.07, 6.45) is 0.788. The molecule has 1 unspecified atom stereocenters. The number of aliphatic hydroxyl groups is 1. The molecule has 1 heterocycles. The fourth-order valence-electron chi connectivity index (χ4n) is 0.845. The molecule has 0 aliphatic carbocycles. The molecule has 4 heteroatoms. The van der Waals surface area contributed by atoms with Gasteiger partial charge in [-0.25, -0.2) is 4.98 Å². The fourth-order valence-corrected chi connectivity index (χ4v) is 1.51. The van der Waals surface area contributed by atoms with E-state index in [-0.39, 0.29) is 12.6 Å². The molecule has 1 aromatic rings. The summed E-state index contributed by atoms with van der Waals surface area (Å²) in [4.78, 5) is 4.16. The molecule has 0 aliphatic heterocycles. The molecular weight excluding hydrogens is 160 g/mol. The van der Waals surface area contributed by atoms with Gasteiger partial charge in [0.25, 0.3) is 0 Å². The summed E-state index contributed by atoms with van der Waals surface area (Å²) in [6.45, 7) is 1.97. The molecule has 3 nitrogen and oxygen atoms in total. The maximum atomic E-state index is 8.70. The predicted octanol–water partition coefficient (Wildman–Crippen LogP) is 0.525. The second kappa shape index (κ2) is 3.80. The van der Waals surface area contributed by atoms with E-state index in [0.717, 1.165) is 17.1 Å². The van der Waals surface area contributed by atoms with E-state index in [2.05, 4.69) is 4.98 Å². The van der Waals surface area contributed by atoms with Crippen LogP contribution in [-0.2, 0) is 13.0 Å². The van der Waals surface area contributed by atoms with Gasteiger partial charge in [-0.3, -0.25) is 0 Å². The van der Waals surface area contributed by atoms with E-state index >= 15 is 0 Å². The second-order valence-corrected chi connectivity index (χ2v) is 3.51. The van der Waals surface area contributed by atoms with Crippen molar-refractivity contribution in [2.24, 2.45) is 5.73 Å². The van der Waals surface area contributed by atoms with E-state index in [1.165, 1.54) is 11.3 Å². The van der Waals surface area contributed by atoms with Crippen molar-refractivity contribution in [3.05, 3.63) is 16.1 Å². The lowest BCUT2D eigenvalue weighted by Crippen LogP contribution is -2.17. The van der Waals surface area contributed by atoms with Crippen molar-refractivity contribution in [1.29, 1.82) is 0 Å². The minimum atomic E-state index is 0.0314. The Hall–Kier alpha value is -0.450. The van der Waals surface area contributed by atoms with Crippen LogP contribution in [0.5, 0.6) is 0 Å². The molecule has 0 saturated heterocycles. The third kappa shape index (κ3) is 2.57. The largest absolute Gasteiger partial charge is 0.389 e. The quantitative estimate of drug-likeness (QED) is 0.699. The molecule has 1 aromatic heterocycles. The molecule has 0 saturated carbocycles. The number of nitrogens with two attached hydrogens (primary N) is 1. The van der Waals surface area contributed by atoms with Gasteiger partial charge in [-0.15, -0.1) is 11.3 Å². The van der Waals surface area contributed by atoms with Crippen LogP contribution in [0.1, 0.15) is 17.6 Å². The monoisotopic (exact) mass is 172 g/mol. The van der Waals surface area contributed by atoms with Crippen LogP contribution in [0, 0.1) is 0 Å². The maximum Gasteiger partial charge on any atom is 0.118 e. The van der Waals surface area contributed by atoms with E-state index < -0.39 is 0 Å². The van der Waals surface area contributed by atoms with Crippen LogP contribution in [0.4, 0.5) is 0 Å². The fraction of sp³-hybridized carbons (Fsp3) is 0.571.